The van der Waals surface area contributed by atoms with Gasteiger partial charge in [0.05, 0.1) is 23.3 Å². The number of halogens is 1. The normalized spacial score (nSPS) is 17.2. The lowest BCUT2D eigenvalue weighted by atomic mass is 9.76. The zero-order valence-corrected chi connectivity index (χ0v) is 23.0. The maximum atomic E-state index is 13.6. The number of aromatic nitrogens is 2. The molecule has 1 aliphatic carbocycles. The number of hydrogen-bond acceptors (Lipinski definition) is 9. The topological polar surface area (TPSA) is 125 Å². The molecule has 2 heterocycles. The summed E-state index contributed by atoms with van der Waals surface area (Å²) in [6.07, 6.45) is 1.56. The van der Waals surface area contributed by atoms with Gasteiger partial charge in [0.1, 0.15) is 11.6 Å². The second kappa shape index (κ2) is 11.0. The number of nitrogens with zero attached hydrogens (tertiary/aromatic N) is 4. The van der Waals surface area contributed by atoms with Crippen LogP contribution in [0.4, 0.5) is 15.2 Å². The summed E-state index contributed by atoms with van der Waals surface area (Å²) in [5.41, 5.74) is 11.4. The van der Waals surface area contributed by atoms with Crippen LogP contribution in [-0.2, 0) is 9.59 Å². The summed E-state index contributed by atoms with van der Waals surface area (Å²) < 4.78 is 14.2. The van der Waals surface area contributed by atoms with E-state index in [-0.39, 0.29) is 28.8 Å². The molecule has 0 spiro atoms. The minimum absolute atomic E-state index is 0.0713. The van der Waals surface area contributed by atoms with Gasteiger partial charge in [0.15, 0.2) is 10.1 Å². The molecule has 5 rings (SSSR count). The molecular weight excluding hydrogens is 535 g/mol. The summed E-state index contributed by atoms with van der Waals surface area (Å²) in [5.74, 6) is -1.02. The molecule has 11 heteroatoms. The molecule has 198 valence electrons. The molecule has 2 aromatic carbocycles. The molecule has 1 atom stereocenters. The van der Waals surface area contributed by atoms with Crippen LogP contribution >= 0.6 is 23.1 Å². The van der Waals surface area contributed by atoms with Crippen molar-refractivity contribution in [2.45, 2.75) is 43.4 Å². The van der Waals surface area contributed by atoms with Crippen LogP contribution in [-0.4, -0.2) is 27.6 Å². The Morgan fingerprint density at radius 1 is 1.23 bits per heavy atom. The van der Waals surface area contributed by atoms with Crippen LogP contribution in [0.15, 0.2) is 69.5 Å². The molecule has 1 aliphatic heterocycles. The SMILES string of the molecule is Cc1ccc(NC(=O)CSc2nnc(N3C(N)=C(C#N)C(c4ccc(F)cc4)C4=C3CCCC4=O)s2)c(C)c1. The number of aryl methyl sites for hydroxylation is 2. The van der Waals surface area contributed by atoms with Crippen molar-refractivity contribution < 1.29 is 14.0 Å². The first-order valence-corrected chi connectivity index (χ1v) is 14.1. The molecular formula is C28H25FN6O2S2. The maximum absolute atomic E-state index is 13.6. The van der Waals surface area contributed by atoms with Crippen molar-refractivity contribution in [2.24, 2.45) is 5.73 Å². The minimum atomic E-state index is -0.676. The lowest BCUT2D eigenvalue weighted by molar-refractivity contribution is -0.116. The van der Waals surface area contributed by atoms with Gasteiger partial charge in [0.25, 0.3) is 0 Å². The number of carbonyl (C=O) groups is 2. The maximum Gasteiger partial charge on any atom is 0.234 e. The van der Waals surface area contributed by atoms with E-state index in [1.165, 1.54) is 35.2 Å². The van der Waals surface area contributed by atoms with E-state index < -0.39 is 11.7 Å². The first-order valence-electron chi connectivity index (χ1n) is 12.3. The Balaban J connectivity index is 1.41. The standard InChI is InChI=1S/C28H25FN6O2S2/c1-15-6-11-20(16(2)12-15)32-23(37)14-38-28-34-33-27(39-28)35-21-4-3-5-22(36)25(21)24(19(13-30)26(35)31)17-7-9-18(29)10-8-17/h6-12,24H,3-5,14,31H2,1-2H3,(H,32,37). The molecule has 8 nitrogen and oxygen atoms in total. The van der Waals surface area contributed by atoms with Gasteiger partial charge in [-0.25, -0.2) is 4.39 Å². The molecule has 0 bridgehead atoms. The Hall–Kier alpha value is -4.01. The number of nitrogens with two attached hydrogens (primary N) is 1. The summed E-state index contributed by atoms with van der Waals surface area (Å²) in [7, 11) is 0. The fourth-order valence-corrected chi connectivity index (χ4v) is 6.59. The quantitative estimate of drug-likeness (QED) is 0.388. The summed E-state index contributed by atoms with van der Waals surface area (Å²) >= 11 is 2.48. The summed E-state index contributed by atoms with van der Waals surface area (Å²) in [6, 6.07) is 13.8. The van der Waals surface area contributed by atoms with Crippen LogP contribution in [0.2, 0.25) is 0 Å². The molecule has 0 saturated heterocycles. The van der Waals surface area contributed by atoms with Crippen molar-refractivity contribution in [3.8, 4) is 6.07 Å². The molecule has 0 fully saturated rings. The van der Waals surface area contributed by atoms with Gasteiger partial charge >= 0.3 is 0 Å². The number of ketones is 1. The molecule has 1 aromatic heterocycles. The molecule has 39 heavy (non-hydrogen) atoms. The van der Waals surface area contributed by atoms with Crippen LogP contribution in [0.3, 0.4) is 0 Å². The molecule has 0 radical (unpaired) electrons. The smallest absolute Gasteiger partial charge is 0.234 e. The number of carbonyl (C=O) groups excluding carboxylic acids is 2. The zero-order valence-electron chi connectivity index (χ0n) is 21.3. The van der Waals surface area contributed by atoms with Gasteiger partial charge in [-0.1, -0.05) is 52.9 Å². The van der Waals surface area contributed by atoms with Crippen molar-refractivity contribution in [3.63, 3.8) is 0 Å². The first-order chi connectivity index (χ1) is 18.8. The average molecular weight is 561 g/mol. The highest BCUT2D eigenvalue weighted by molar-refractivity contribution is 8.01. The largest absolute Gasteiger partial charge is 0.384 e. The first kappa shape index (κ1) is 26.6. The van der Waals surface area contributed by atoms with E-state index >= 15 is 0 Å². The van der Waals surface area contributed by atoms with Crippen molar-refractivity contribution in [3.05, 3.63) is 87.6 Å². The van der Waals surface area contributed by atoms with Crippen LogP contribution in [0.1, 0.15) is 41.9 Å². The molecule has 3 N–H and O–H groups in total. The lowest BCUT2D eigenvalue weighted by Gasteiger charge is -2.38. The van der Waals surface area contributed by atoms with Crippen LogP contribution < -0.4 is 16.0 Å². The molecule has 1 amide bonds. The second-order valence-electron chi connectivity index (χ2n) is 9.37. The predicted molar refractivity (Wildman–Crippen MR) is 150 cm³/mol. The van der Waals surface area contributed by atoms with E-state index in [4.69, 9.17) is 5.73 Å². The number of anilines is 2. The van der Waals surface area contributed by atoms with Gasteiger partial charge in [-0.15, -0.1) is 10.2 Å². The third-order valence-corrected chi connectivity index (χ3v) is 8.73. The third kappa shape index (κ3) is 5.30. The number of allylic oxidation sites excluding steroid dienone is 3. The summed E-state index contributed by atoms with van der Waals surface area (Å²) in [4.78, 5) is 27.4. The second-order valence-corrected chi connectivity index (χ2v) is 11.6. The van der Waals surface area contributed by atoms with Gasteiger partial charge in [-0.2, -0.15) is 5.26 Å². The number of nitrogens with one attached hydrogen (secondary N) is 1. The third-order valence-electron chi connectivity index (χ3n) is 6.69. The molecule has 0 saturated carbocycles. The average Bonchev–Trinajstić information content (AvgIpc) is 3.37. The van der Waals surface area contributed by atoms with Crippen molar-refractivity contribution >= 4 is 45.6 Å². The lowest BCUT2D eigenvalue weighted by Crippen LogP contribution is -2.38. The minimum Gasteiger partial charge on any atom is -0.384 e. The number of rotatable bonds is 6. The molecule has 1 unspecified atom stereocenters. The molecule has 2 aliphatic rings. The Labute approximate surface area is 233 Å². The highest BCUT2D eigenvalue weighted by Crippen LogP contribution is 2.47. The van der Waals surface area contributed by atoms with Gasteiger partial charge in [-0.3, -0.25) is 14.5 Å². The van der Waals surface area contributed by atoms with E-state index in [0.717, 1.165) is 16.8 Å². The number of amides is 1. The highest BCUT2D eigenvalue weighted by atomic mass is 32.2. The highest BCUT2D eigenvalue weighted by Gasteiger charge is 2.41. The van der Waals surface area contributed by atoms with E-state index in [9.17, 15) is 19.2 Å². The van der Waals surface area contributed by atoms with Gasteiger partial charge in [0, 0.05) is 23.4 Å². The summed E-state index contributed by atoms with van der Waals surface area (Å²) in [6.45, 7) is 3.94. The van der Waals surface area contributed by atoms with E-state index in [2.05, 4.69) is 21.6 Å². The van der Waals surface area contributed by atoms with Crippen molar-refractivity contribution in [1.82, 2.24) is 10.2 Å². The zero-order chi connectivity index (χ0) is 27.7. The Kier molecular flexibility index (Phi) is 7.50. The van der Waals surface area contributed by atoms with Crippen molar-refractivity contribution in [1.29, 1.82) is 5.26 Å². The number of nitriles is 1. The van der Waals surface area contributed by atoms with Crippen LogP contribution in [0.5, 0.6) is 0 Å². The predicted octanol–water partition coefficient (Wildman–Crippen LogP) is 5.33. The number of hydrogen-bond donors (Lipinski definition) is 2. The number of Topliss-reactive ketones (excluding diaryl/α,β-unsaturated/α-hetero) is 1. The Bertz CT molecular complexity index is 1570. The van der Waals surface area contributed by atoms with Gasteiger partial charge in [0.2, 0.25) is 11.0 Å². The fraction of sp³-hybridized carbons (Fsp3) is 0.250. The van der Waals surface area contributed by atoms with Gasteiger partial charge in [-0.05, 0) is 56.0 Å². The van der Waals surface area contributed by atoms with Crippen LogP contribution in [0, 0.1) is 31.0 Å². The van der Waals surface area contributed by atoms with E-state index in [1.807, 2.05) is 32.0 Å². The fourth-order valence-electron chi connectivity index (χ4n) is 4.91. The van der Waals surface area contributed by atoms with Gasteiger partial charge < -0.3 is 11.1 Å². The Morgan fingerprint density at radius 2 is 2.00 bits per heavy atom. The van der Waals surface area contributed by atoms with Crippen molar-refractivity contribution in [2.75, 3.05) is 16.0 Å². The number of thioether (sulfide) groups is 1. The number of benzene rings is 2. The summed E-state index contributed by atoms with van der Waals surface area (Å²) in [5, 5.41) is 21.9. The Morgan fingerprint density at radius 3 is 2.72 bits per heavy atom. The van der Waals surface area contributed by atoms with Crippen LogP contribution in [0.25, 0.3) is 0 Å². The monoisotopic (exact) mass is 560 g/mol. The van der Waals surface area contributed by atoms with E-state index in [1.54, 1.807) is 17.0 Å². The van der Waals surface area contributed by atoms with E-state index in [0.29, 0.717) is 45.6 Å². The molecule has 3 aromatic rings.